The molecule has 6 heteroatoms. The van der Waals surface area contributed by atoms with Crippen LogP contribution in [-0.4, -0.2) is 67.2 Å². The molecule has 1 atom stereocenters. The zero-order valence-electron chi connectivity index (χ0n) is 16.6. The summed E-state index contributed by atoms with van der Waals surface area (Å²) >= 11 is 0. The van der Waals surface area contributed by atoms with Gasteiger partial charge in [-0.1, -0.05) is 37.6 Å². The van der Waals surface area contributed by atoms with Gasteiger partial charge in [0.15, 0.2) is 0 Å². The number of carbonyl (C=O) groups excluding carboxylic acids is 2. The number of morpholine rings is 1. The fourth-order valence-corrected chi connectivity index (χ4v) is 3.09. The van der Waals surface area contributed by atoms with E-state index in [9.17, 15) is 9.59 Å². The number of ether oxygens (including phenoxy) is 1. The van der Waals surface area contributed by atoms with Crippen LogP contribution in [0.1, 0.15) is 29.8 Å². The molecule has 1 aliphatic heterocycles. The van der Waals surface area contributed by atoms with Crippen molar-refractivity contribution in [2.75, 3.05) is 39.3 Å². The van der Waals surface area contributed by atoms with Crippen molar-refractivity contribution in [2.45, 2.75) is 26.9 Å². The summed E-state index contributed by atoms with van der Waals surface area (Å²) in [6, 6.07) is 7.50. The normalized spacial score (nSPS) is 16.9. The molecule has 0 bridgehead atoms. The molecule has 27 heavy (non-hydrogen) atoms. The minimum absolute atomic E-state index is 0.000493. The first-order valence-corrected chi connectivity index (χ1v) is 9.52. The van der Waals surface area contributed by atoms with Crippen LogP contribution in [-0.2, 0) is 4.74 Å². The van der Waals surface area contributed by atoms with E-state index in [0.29, 0.717) is 50.8 Å². The molecule has 1 aromatic rings. The van der Waals surface area contributed by atoms with E-state index >= 15 is 0 Å². The van der Waals surface area contributed by atoms with Crippen LogP contribution in [0.25, 0.3) is 0 Å². The lowest BCUT2D eigenvalue weighted by Crippen LogP contribution is -2.53. The second kappa shape index (κ2) is 10.1. The number of aryl methyl sites for hydroxylation is 1. The molecule has 1 saturated heterocycles. The molecule has 1 fully saturated rings. The molecule has 0 aliphatic carbocycles. The number of benzene rings is 1. The van der Waals surface area contributed by atoms with E-state index in [2.05, 4.69) is 25.7 Å². The van der Waals surface area contributed by atoms with Gasteiger partial charge in [-0.2, -0.15) is 0 Å². The summed E-state index contributed by atoms with van der Waals surface area (Å²) in [5.41, 5.74) is 1.80. The van der Waals surface area contributed by atoms with Crippen molar-refractivity contribution in [3.63, 3.8) is 0 Å². The molecule has 1 heterocycles. The Balaban J connectivity index is 2.04. The maximum Gasteiger partial charge on any atom is 0.317 e. The number of hydrogen-bond acceptors (Lipinski definition) is 3. The number of carbonyl (C=O) groups is 2. The molecular formula is C21H31N3O3. The van der Waals surface area contributed by atoms with E-state index in [1.807, 2.05) is 36.1 Å². The second-order valence-electron chi connectivity index (χ2n) is 7.38. The van der Waals surface area contributed by atoms with Crippen LogP contribution >= 0.6 is 0 Å². The van der Waals surface area contributed by atoms with E-state index in [1.165, 1.54) is 0 Å². The quantitative estimate of drug-likeness (QED) is 0.748. The van der Waals surface area contributed by atoms with E-state index < -0.39 is 0 Å². The molecule has 1 N–H and O–H groups in total. The number of hydrogen-bond donors (Lipinski definition) is 1. The Kier molecular flexibility index (Phi) is 7.85. The summed E-state index contributed by atoms with van der Waals surface area (Å²) < 4.78 is 5.84. The maximum absolute atomic E-state index is 13.0. The monoisotopic (exact) mass is 373 g/mol. The molecule has 0 spiro atoms. The van der Waals surface area contributed by atoms with Crippen molar-refractivity contribution >= 4 is 11.9 Å². The zero-order valence-corrected chi connectivity index (χ0v) is 16.6. The third-order valence-corrected chi connectivity index (χ3v) is 4.42. The van der Waals surface area contributed by atoms with Gasteiger partial charge in [-0.05, 0) is 25.0 Å². The van der Waals surface area contributed by atoms with Crippen LogP contribution in [0.2, 0.25) is 0 Å². The number of nitrogens with one attached hydrogen (secondary N) is 1. The summed E-state index contributed by atoms with van der Waals surface area (Å²) in [4.78, 5) is 28.7. The van der Waals surface area contributed by atoms with Gasteiger partial charge in [0.1, 0.15) is 0 Å². The highest BCUT2D eigenvalue weighted by molar-refractivity contribution is 5.94. The van der Waals surface area contributed by atoms with E-state index in [1.54, 1.807) is 11.0 Å². The zero-order chi connectivity index (χ0) is 19.8. The van der Waals surface area contributed by atoms with Gasteiger partial charge in [-0.3, -0.25) is 4.79 Å². The summed E-state index contributed by atoms with van der Waals surface area (Å²) in [6.07, 6.45) is 1.46. The van der Waals surface area contributed by atoms with Gasteiger partial charge in [0, 0.05) is 31.7 Å². The first-order chi connectivity index (χ1) is 12.9. The Bertz CT molecular complexity index is 643. The van der Waals surface area contributed by atoms with Gasteiger partial charge in [-0.15, -0.1) is 6.58 Å². The van der Waals surface area contributed by atoms with Gasteiger partial charge >= 0.3 is 6.03 Å². The van der Waals surface area contributed by atoms with Crippen LogP contribution in [0, 0.1) is 12.8 Å². The molecule has 6 nitrogen and oxygen atoms in total. The Morgan fingerprint density at radius 1 is 1.37 bits per heavy atom. The molecule has 148 valence electrons. The van der Waals surface area contributed by atoms with Gasteiger partial charge in [-0.25, -0.2) is 4.79 Å². The topological polar surface area (TPSA) is 61.9 Å². The summed E-state index contributed by atoms with van der Waals surface area (Å²) in [5.74, 6) is 0.343. The molecular weight excluding hydrogens is 342 g/mol. The van der Waals surface area contributed by atoms with E-state index in [0.717, 1.165) is 5.56 Å². The van der Waals surface area contributed by atoms with Crippen molar-refractivity contribution in [1.29, 1.82) is 0 Å². The lowest BCUT2D eigenvalue weighted by atomic mass is 10.1. The van der Waals surface area contributed by atoms with Crippen molar-refractivity contribution in [2.24, 2.45) is 5.92 Å². The Labute approximate surface area is 162 Å². The van der Waals surface area contributed by atoms with Crippen LogP contribution in [0.15, 0.2) is 36.9 Å². The SMILES string of the molecule is C=CCNC(=O)N1CCO[C@H](CN(CC(C)C)C(=O)c2ccc(C)cc2)C1. The van der Waals surface area contributed by atoms with Gasteiger partial charge in [0.25, 0.3) is 5.91 Å². The highest BCUT2D eigenvalue weighted by Crippen LogP contribution is 2.13. The minimum atomic E-state index is -0.193. The first kappa shape index (κ1) is 21.0. The lowest BCUT2D eigenvalue weighted by Gasteiger charge is -2.36. The minimum Gasteiger partial charge on any atom is -0.373 e. The van der Waals surface area contributed by atoms with Gasteiger partial charge < -0.3 is 19.9 Å². The van der Waals surface area contributed by atoms with Crippen molar-refractivity contribution in [3.05, 3.63) is 48.0 Å². The Hall–Kier alpha value is -2.34. The number of nitrogens with zero attached hydrogens (tertiary/aromatic N) is 2. The fourth-order valence-electron chi connectivity index (χ4n) is 3.09. The second-order valence-corrected chi connectivity index (χ2v) is 7.38. The van der Waals surface area contributed by atoms with E-state index in [4.69, 9.17) is 4.74 Å². The highest BCUT2D eigenvalue weighted by atomic mass is 16.5. The number of rotatable bonds is 7. The van der Waals surface area contributed by atoms with E-state index in [-0.39, 0.29) is 18.0 Å². The molecule has 1 aliphatic rings. The van der Waals surface area contributed by atoms with Crippen molar-refractivity contribution in [3.8, 4) is 0 Å². The predicted molar refractivity (Wildman–Crippen MR) is 107 cm³/mol. The van der Waals surface area contributed by atoms with Crippen LogP contribution in [0.4, 0.5) is 4.79 Å². The third-order valence-electron chi connectivity index (χ3n) is 4.42. The van der Waals surface area contributed by atoms with Gasteiger partial charge in [0.05, 0.1) is 19.3 Å². The first-order valence-electron chi connectivity index (χ1n) is 9.52. The molecule has 1 aromatic carbocycles. The molecule has 0 aromatic heterocycles. The summed E-state index contributed by atoms with van der Waals surface area (Å²) in [7, 11) is 0. The van der Waals surface area contributed by atoms with Crippen molar-refractivity contribution < 1.29 is 14.3 Å². The lowest BCUT2D eigenvalue weighted by molar-refractivity contribution is -0.0286. The number of amides is 3. The van der Waals surface area contributed by atoms with Crippen LogP contribution < -0.4 is 5.32 Å². The smallest absolute Gasteiger partial charge is 0.317 e. The Morgan fingerprint density at radius 2 is 2.07 bits per heavy atom. The third kappa shape index (κ3) is 6.40. The Morgan fingerprint density at radius 3 is 2.70 bits per heavy atom. The van der Waals surface area contributed by atoms with Gasteiger partial charge in [0.2, 0.25) is 0 Å². The molecule has 0 unspecified atom stereocenters. The summed E-state index contributed by atoms with van der Waals surface area (Å²) in [6.45, 7) is 12.8. The fraction of sp³-hybridized carbons (Fsp3) is 0.524. The largest absolute Gasteiger partial charge is 0.373 e. The molecule has 3 amide bonds. The molecule has 0 saturated carbocycles. The predicted octanol–water partition coefficient (Wildman–Crippen LogP) is 2.69. The molecule has 2 rings (SSSR count). The highest BCUT2D eigenvalue weighted by Gasteiger charge is 2.28. The standard InChI is InChI=1S/C21H31N3O3/c1-5-10-22-21(26)23-11-12-27-19(14-23)15-24(13-16(2)3)20(25)18-8-6-17(4)7-9-18/h5-9,16,19H,1,10-15H2,2-4H3,(H,22,26)/t19-/m0/s1. The average molecular weight is 373 g/mol. The maximum atomic E-state index is 13.0. The van der Waals surface area contributed by atoms with Crippen LogP contribution in [0.5, 0.6) is 0 Å². The van der Waals surface area contributed by atoms with Crippen molar-refractivity contribution in [1.82, 2.24) is 15.1 Å². The number of urea groups is 1. The summed E-state index contributed by atoms with van der Waals surface area (Å²) in [5, 5.41) is 2.79. The molecule has 0 radical (unpaired) electrons. The average Bonchev–Trinajstić information content (AvgIpc) is 2.65. The van der Waals surface area contributed by atoms with Crippen LogP contribution in [0.3, 0.4) is 0 Å².